The van der Waals surface area contributed by atoms with Crippen molar-refractivity contribution in [2.45, 2.75) is 32.5 Å². The van der Waals surface area contributed by atoms with Crippen molar-refractivity contribution in [2.75, 3.05) is 6.79 Å². The molecule has 6 heteroatoms. The van der Waals surface area contributed by atoms with Crippen molar-refractivity contribution in [1.29, 1.82) is 0 Å². The summed E-state index contributed by atoms with van der Waals surface area (Å²) in [6.45, 7) is 3.45. The first kappa shape index (κ1) is 16.1. The molecule has 27 heavy (non-hydrogen) atoms. The molecule has 3 aromatic rings. The predicted molar refractivity (Wildman–Crippen MR) is 100 cm³/mol. The number of benzene rings is 2. The van der Waals surface area contributed by atoms with Crippen LogP contribution in [-0.2, 0) is 13.1 Å². The van der Waals surface area contributed by atoms with E-state index in [0.717, 1.165) is 40.1 Å². The van der Waals surface area contributed by atoms with Gasteiger partial charge in [0.2, 0.25) is 6.79 Å². The van der Waals surface area contributed by atoms with E-state index in [1.54, 1.807) is 0 Å². The topological polar surface area (TPSA) is 61.7 Å². The Hall–Kier alpha value is -3.15. The molecule has 1 atom stereocenters. The van der Waals surface area contributed by atoms with E-state index in [2.05, 4.69) is 16.8 Å². The molecule has 3 heterocycles. The van der Waals surface area contributed by atoms with Crippen LogP contribution in [0, 0.1) is 0 Å². The highest BCUT2D eigenvalue weighted by Crippen LogP contribution is 2.34. The summed E-state index contributed by atoms with van der Waals surface area (Å²) >= 11 is 0. The van der Waals surface area contributed by atoms with Gasteiger partial charge in [0, 0.05) is 11.9 Å². The van der Waals surface area contributed by atoms with Crippen LogP contribution in [0.15, 0.2) is 42.5 Å². The highest BCUT2D eigenvalue weighted by molar-refractivity contribution is 6.00. The zero-order valence-corrected chi connectivity index (χ0v) is 15.0. The molecule has 1 unspecified atom stereocenters. The van der Waals surface area contributed by atoms with Crippen LogP contribution in [0.5, 0.6) is 17.2 Å². The fourth-order valence-electron chi connectivity index (χ4n) is 3.72. The normalized spacial score (nSPS) is 17.0. The van der Waals surface area contributed by atoms with E-state index in [0.29, 0.717) is 18.8 Å². The van der Waals surface area contributed by atoms with Crippen LogP contribution in [0.1, 0.15) is 29.4 Å². The van der Waals surface area contributed by atoms with Gasteiger partial charge in [-0.05, 0) is 36.2 Å². The van der Waals surface area contributed by atoms with Gasteiger partial charge in [0.1, 0.15) is 17.5 Å². The number of hydrogen-bond acceptors (Lipinski definition) is 4. The highest BCUT2D eigenvalue weighted by atomic mass is 16.7. The largest absolute Gasteiger partial charge is 0.486 e. The van der Waals surface area contributed by atoms with Gasteiger partial charge in [0.05, 0.1) is 12.1 Å². The van der Waals surface area contributed by atoms with Gasteiger partial charge < -0.3 is 24.1 Å². The Labute approximate surface area is 156 Å². The number of rotatable bonds is 4. The molecule has 0 spiro atoms. The standard InChI is InChI=1S/C21H20N2O4/c1-2-15-11-23-16(9-14-4-3-5-18(27-15)20(14)23)21(24)22-10-13-6-7-17-19(8-13)26-12-25-17/h3-9,15H,2,10-12H2,1H3,(H,22,24). The monoisotopic (exact) mass is 364 g/mol. The number of para-hydroxylation sites is 1. The van der Waals surface area contributed by atoms with E-state index >= 15 is 0 Å². The third-order valence-corrected chi connectivity index (χ3v) is 5.14. The van der Waals surface area contributed by atoms with Gasteiger partial charge in [-0.1, -0.05) is 25.1 Å². The maximum absolute atomic E-state index is 12.9. The lowest BCUT2D eigenvalue weighted by Crippen LogP contribution is -2.31. The molecule has 0 bridgehead atoms. The molecule has 0 saturated heterocycles. The fraction of sp³-hybridized carbons (Fsp3) is 0.286. The highest BCUT2D eigenvalue weighted by Gasteiger charge is 2.25. The summed E-state index contributed by atoms with van der Waals surface area (Å²) in [6.07, 6.45) is 0.975. The van der Waals surface area contributed by atoms with Gasteiger partial charge >= 0.3 is 0 Å². The van der Waals surface area contributed by atoms with Gasteiger partial charge in [0.15, 0.2) is 11.5 Å². The molecular weight excluding hydrogens is 344 g/mol. The Morgan fingerprint density at radius 2 is 2.04 bits per heavy atom. The number of carbonyl (C=O) groups excluding carboxylic acids is 1. The number of ether oxygens (including phenoxy) is 3. The van der Waals surface area contributed by atoms with Crippen molar-refractivity contribution in [2.24, 2.45) is 0 Å². The number of hydrogen-bond donors (Lipinski definition) is 1. The lowest BCUT2D eigenvalue weighted by atomic mass is 10.2. The van der Waals surface area contributed by atoms with Crippen LogP contribution < -0.4 is 19.5 Å². The van der Waals surface area contributed by atoms with E-state index in [9.17, 15) is 4.79 Å². The minimum Gasteiger partial charge on any atom is -0.486 e. The van der Waals surface area contributed by atoms with Gasteiger partial charge in [-0.2, -0.15) is 0 Å². The molecule has 0 saturated carbocycles. The summed E-state index contributed by atoms with van der Waals surface area (Å²) in [5.74, 6) is 2.22. The summed E-state index contributed by atoms with van der Waals surface area (Å²) in [5.41, 5.74) is 2.63. The Kier molecular flexibility index (Phi) is 3.70. The number of amides is 1. The molecule has 1 N–H and O–H groups in total. The van der Waals surface area contributed by atoms with E-state index < -0.39 is 0 Å². The number of nitrogens with one attached hydrogen (secondary N) is 1. The van der Waals surface area contributed by atoms with Crippen molar-refractivity contribution >= 4 is 16.8 Å². The molecule has 0 aliphatic carbocycles. The van der Waals surface area contributed by atoms with Crippen molar-refractivity contribution < 1.29 is 19.0 Å². The quantitative estimate of drug-likeness (QED) is 0.770. The zero-order chi connectivity index (χ0) is 18.4. The molecule has 1 amide bonds. The van der Waals surface area contributed by atoms with Crippen molar-refractivity contribution in [3.63, 3.8) is 0 Å². The third kappa shape index (κ3) is 2.68. The molecule has 0 radical (unpaired) electrons. The Morgan fingerprint density at radius 1 is 1.15 bits per heavy atom. The maximum Gasteiger partial charge on any atom is 0.268 e. The maximum atomic E-state index is 12.9. The van der Waals surface area contributed by atoms with Gasteiger partial charge in [-0.3, -0.25) is 4.79 Å². The Balaban J connectivity index is 1.41. The second-order valence-electron chi connectivity index (χ2n) is 6.85. The Bertz CT molecular complexity index is 1040. The molecule has 2 aromatic carbocycles. The smallest absolute Gasteiger partial charge is 0.268 e. The zero-order valence-electron chi connectivity index (χ0n) is 15.0. The van der Waals surface area contributed by atoms with Gasteiger partial charge in [-0.15, -0.1) is 0 Å². The number of aromatic nitrogens is 1. The van der Waals surface area contributed by atoms with Crippen LogP contribution in [0.25, 0.3) is 10.9 Å². The Morgan fingerprint density at radius 3 is 2.93 bits per heavy atom. The fourth-order valence-corrected chi connectivity index (χ4v) is 3.72. The molecule has 5 rings (SSSR count). The molecule has 1 aromatic heterocycles. The minimum absolute atomic E-state index is 0.0795. The first-order valence-electron chi connectivity index (χ1n) is 9.18. The second kappa shape index (κ2) is 6.23. The van der Waals surface area contributed by atoms with E-state index in [1.165, 1.54) is 0 Å². The average molecular weight is 364 g/mol. The SMILES string of the molecule is CCC1Cn2c(C(=O)NCc3ccc4c(c3)OCO4)cc3cccc(c32)O1. The van der Waals surface area contributed by atoms with Crippen molar-refractivity contribution in [3.05, 3.63) is 53.7 Å². The van der Waals surface area contributed by atoms with Gasteiger partial charge in [-0.25, -0.2) is 0 Å². The van der Waals surface area contributed by atoms with Gasteiger partial charge in [0.25, 0.3) is 5.91 Å². The van der Waals surface area contributed by atoms with E-state index in [-0.39, 0.29) is 18.8 Å². The van der Waals surface area contributed by atoms with Crippen LogP contribution in [-0.4, -0.2) is 23.4 Å². The number of carbonyl (C=O) groups is 1. The third-order valence-electron chi connectivity index (χ3n) is 5.14. The molecule has 2 aliphatic heterocycles. The van der Waals surface area contributed by atoms with Crippen LogP contribution in [0.4, 0.5) is 0 Å². The molecule has 0 fully saturated rings. The number of nitrogens with zero attached hydrogens (tertiary/aromatic N) is 1. The summed E-state index contributed by atoms with van der Waals surface area (Å²) in [6, 6.07) is 13.6. The minimum atomic E-state index is -0.0911. The van der Waals surface area contributed by atoms with Crippen molar-refractivity contribution in [3.8, 4) is 17.2 Å². The van der Waals surface area contributed by atoms with Crippen molar-refractivity contribution in [1.82, 2.24) is 9.88 Å². The number of fused-ring (bicyclic) bond motifs is 1. The first-order chi connectivity index (χ1) is 13.2. The molecule has 6 nitrogen and oxygen atoms in total. The van der Waals surface area contributed by atoms with Crippen LogP contribution in [0.3, 0.4) is 0 Å². The van der Waals surface area contributed by atoms with E-state index in [1.807, 2.05) is 42.5 Å². The first-order valence-corrected chi connectivity index (χ1v) is 9.18. The predicted octanol–water partition coefficient (Wildman–Crippen LogP) is 3.47. The summed E-state index contributed by atoms with van der Waals surface area (Å²) in [4.78, 5) is 12.9. The second-order valence-corrected chi connectivity index (χ2v) is 6.85. The summed E-state index contributed by atoms with van der Waals surface area (Å²) in [7, 11) is 0. The molecule has 2 aliphatic rings. The average Bonchev–Trinajstić information content (AvgIpc) is 3.31. The summed E-state index contributed by atoms with van der Waals surface area (Å²) < 4.78 is 18.8. The van der Waals surface area contributed by atoms with E-state index in [4.69, 9.17) is 14.2 Å². The summed E-state index contributed by atoms with van der Waals surface area (Å²) in [5, 5.41) is 4.04. The lowest BCUT2D eigenvalue weighted by molar-refractivity contribution is 0.0935. The lowest BCUT2D eigenvalue weighted by Gasteiger charge is -2.26. The molecular formula is C21H20N2O4. The van der Waals surface area contributed by atoms with Crippen LogP contribution in [0.2, 0.25) is 0 Å². The van der Waals surface area contributed by atoms with Crippen LogP contribution >= 0.6 is 0 Å². The molecule has 138 valence electrons.